The van der Waals surface area contributed by atoms with Gasteiger partial charge in [-0.05, 0) is 45.2 Å². The van der Waals surface area contributed by atoms with Crippen molar-refractivity contribution in [1.82, 2.24) is 5.32 Å². The SMILES string of the molecule is CCOC(=O)CCC1CCNCC1.Cl. The van der Waals surface area contributed by atoms with E-state index in [1.807, 2.05) is 6.92 Å². The quantitative estimate of drug-likeness (QED) is 0.736. The maximum Gasteiger partial charge on any atom is 0.305 e. The van der Waals surface area contributed by atoms with Crippen molar-refractivity contribution in [1.29, 1.82) is 0 Å². The van der Waals surface area contributed by atoms with Crippen molar-refractivity contribution < 1.29 is 9.53 Å². The van der Waals surface area contributed by atoms with Gasteiger partial charge in [-0.25, -0.2) is 0 Å². The summed E-state index contributed by atoms with van der Waals surface area (Å²) in [4.78, 5) is 11.0. The zero-order valence-electron chi connectivity index (χ0n) is 8.75. The average molecular weight is 222 g/mol. The van der Waals surface area contributed by atoms with E-state index >= 15 is 0 Å². The Hall–Kier alpha value is -0.280. The summed E-state index contributed by atoms with van der Waals surface area (Å²) in [6.45, 7) is 4.56. The summed E-state index contributed by atoms with van der Waals surface area (Å²) in [7, 11) is 0. The van der Waals surface area contributed by atoms with Crippen LogP contribution in [-0.4, -0.2) is 25.7 Å². The molecule has 84 valence electrons. The zero-order chi connectivity index (χ0) is 9.52. The predicted molar refractivity (Wildman–Crippen MR) is 58.7 cm³/mol. The standard InChI is InChI=1S/C10H19NO2.ClH/c1-2-13-10(12)4-3-9-5-7-11-8-6-9;/h9,11H,2-8H2,1H3;1H. The molecule has 1 N–H and O–H groups in total. The first-order valence-corrected chi connectivity index (χ1v) is 5.19. The van der Waals surface area contributed by atoms with Crippen LogP contribution >= 0.6 is 12.4 Å². The number of piperidine rings is 1. The van der Waals surface area contributed by atoms with Gasteiger partial charge < -0.3 is 10.1 Å². The number of nitrogens with one attached hydrogen (secondary N) is 1. The van der Waals surface area contributed by atoms with Crippen molar-refractivity contribution >= 4 is 18.4 Å². The Kier molecular flexibility index (Phi) is 7.90. The summed E-state index contributed by atoms with van der Waals surface area (Å²) in [5, 5.41) is 3.31. The minimum absolute atomic E-state index is 0. The lowest BCUT2D eigenvalue weighted by Crippen LogP contribution is -2.28. The third-order valence-electron chi connectivity index (χ3n) is 2.52. The largest absolute Gasteiger partial charge is 0.466 e. The van der Waals surface area contributed by atoms with Crippen LogP contribution in [0.5, 0.6) is 0 Å². The topological polar surface area (TPSA) is 38.3 Å². The highest BCUT2D eigenvalue weighted by molar-refractivity contribution is 5.85. The molecule has 0 atom stereocenters. The van der Waals surface area contributed by atoms with Crippen molar-refractivity contribution in [3.63, 3.8) is 0 Å². The van der Waals surface area contributed by atoms with Crippen LogP contribution in [-0.2, 0) is 9.53 Å². The van der Waals surface area contributed by atoms with E-state index in [1.165, 1.54) is 12.8 Å². The van der Waals surface area contributed by atoms with Gasteiger partial charge in [0, 0.05) is 6.42 Å². The Labute approximate surface area is 92.0 Å². The van der Waals surface area contributed by atoms with Crippen LogP contribution in [0, 0.1) is 5.92 Å². The van der Waals surface area contributed by atoms with Gasteiger partial charge in [-0.3, -0.25) is 4.79 Å². The second-order valence-corrected chi connectivity index (χ2v) is 3.54. The molecule has 1 fully saturated rings. The number of esters is 1. The van der Waals surface area contributed by atoms with Crippen molar-refractivity contribution in [3.8, 4) is 0 Å². The molecule has 1 aliphatic rings. The highest BCUT2D eigenvalue weighted by Crippen LogP contribution is 2.17. The summed E-state index contributed by atoms with van der Waals surface area (Å²) in [6, 6.07) is 0. The monoisotopic (exact) mass is 221 g/mol. The zero-order valence-corrected chi connectivity index (χ0v) is 9.57. The van der Waals surface area contributed by atoms with E-state index in [4.69, 9.17) is 4.74 Å². The summed E-state index contributed by atoms with van der Waals surface area (Å²) in [6.07, 6.45) is 4.01. The minimum atomic E-state index is -0.0407. The number of hydrogen-bond acceptors (Lipinski definition) is 3. The summed E-state index contributed by atoms with van der Waals surface area (Å²) in [5.41, 5.74) is 0. The third kappa shape index (κ3) is 5.45. The maximum atomic E-state index is 11.0. The fourth-order valence-electron chi connectivity index (χ4n) is 1.73. The van der Waals surface area contributed by atoms with Crippen LogP contribution in [0.2, 0.25) is 0 Å². The molecular weight excluding hydrogens is 202 g/mol. The molecule has 0 saturated carbocycles. The number of carbonyl (C=O) groups is 1. The van der Waals surface area contributed by atoms with Crippen LogP contribution < -0.4 is 5.32 Å². The Bertz CT molecular complexity index is 158. The first-order chi connectivity index (χ1) is 6.33. The van der Waals surface area contributed by atoms with Gasteiger partial charge in [0.05, 0.1) is 6.61 Å². The molecule has 1 saturated heterocycles. The molecule has 4 heteroatoms. The van der Waals surface area contributed by atoms with Gasteiger partial charge in [-0.2, -0.15) is 0 Å². The van der Waals surface area contributed by atoms with Crippen LogP contribution in [0.15, 0.2) is 0 Å². The molecular formula is C10H20ClNO2. The highest BCUT2D eigenvalue weighted by atomic mass is 35.5. The number of halogens is 1. The van der Waals surface area contributed by atoms with Gasteiger partial charge in [0.15, 0.2) is 0 Å². The Morgan fingerprint density at radius 1 is 1.43 bits per heavy atom. The third-order valence-corrected chi connectivity index (χ3v) is 2.52. The molecule has 0 unspecified atom stereocenters. The molecule has 0 aliphatic carbocycles. The Morgan fingerprint density at radius 3 is 2.64 bits per heavy atom. The van der Waals surface area contributed by atoms with Gasteiger partial charge in [0.2, 0.25) is 0 Å². The van der Waals surface area contributed by atoms with E-state index in [1.54, 1.807) is 0 Å². The molecule has 0 amide bonds. The fraction of sp³-hybridized carbons (Fsp3) is 0.900. The van der Waals surface area contributed by atoms with Gasteiger partial charge in [-0.15, -0.1) is 12.4 Å². The van der Waals surface area contributed by atoms with E-state index < -0.39 is 0 Å². The van der Waals surface area contributed by atoms with Crippen LogP contribution in [0.3, 0.4) is 0 Å². The van der Waals surface area contributed by atoms with Crippen LogP contribution in [0.4, 0.5) is 0 Å². The first kappa shape index (κ1) is 13.7. The summed E-state index contributed by atoms with van der Waals surface area (Å²) in [5.74, 6) is 0.687. The molecule has 0 aromatic carbocycles. The van der Waals surface area contributed by atoms with Crippen molar-refractivity contribution in [2.45, 2.75) is 32.6 Å². The second-order valence-electron chi connectivity index (χ2n) is 3.54. The Balaban J connectivity index is 0.00000169. The summed E-state index contributed by atoms with van der Waals surface area (Å²) < 4.78 is 4.88. The van der Waals surface area contributed by atoms with Gasteiger partial charge in [0.1, 0.15) is 0 Å². The van der Waals surface area contributed by atoms with E-state index in [-0.39, 0.29) is 18.4 Å². The molecule has 0 bridgehead atoms. The van der Waals surface area contributed by atoms with E-state index in [0.717, 1.165) is 25.4 Å². The van der Waals surface area contributed by atoms with E-state index in [2.05, 4.69) is 5.32 Å². The van der Waals surface area contributed by atoms with Gasteiger partial charge >= 0.3 is 5.97 Å². The minimum Gasteiger partial charge on any atom is -0.466 e. The summed E-state index contributed by atoms with van der Waals surface area (Å²) >= 11 is 0. The lowest BCUT2D eigenvalue weighted by molar-refractivity contribution is -0.143. The lowest BCUT2D eigenvalue weighted by Gasteiger charge is -2.21. The highest BCUT2D eigenvalue weighted by Gasteiger charge is 2.14. The van der Waals surface area contributed by atoms with Crippen LogP contribution in [0.25, 0.3) is 0 Å². The molecule has 1 aliphatic heterocycles. The lowest BCUT2D eigenvalue weighted by atomic mass is 9.93. The molecule has 0 radical (unpaired) electrons. The Morgan fingerprint density at radius 2 is 2.07 bits per heavy atom. The molecule has 14 heavy (non-hydrogen) atoms. The maximum absolute atomic E-state index is 11.0. The van der Waals surface area contributed by atoms with Crippen molar-refractivity contribution in [2.24, 2.45) is 5.92 Å². The molecule has 3 nitrogen and oxygen atoms in total. The predicted octanol–water partition coefficient (Wildman–Crippen LogP) is 1.75. The number of hydrogen-bond donors (Lipinski definition) is 1. The number of carbonyl (C=O) groups excluding carboxylic acids is 1. The van der Waals surface area contributed by atoms with Gasteiger partial charge in [0.25, 0.3) is 0 Å². The van der Waals surface area contributed by atoms with E-state index in [9.17, 15) is 4.79 Å². The molecule has 1 rings (SSSR count). The van der Waals surface area contributed by atoms with Crippen molar-refractivity contribution in [3.05, 3.63) is 0 Å². The number of rotatable bonds is 4. The second kappa shape index (κ2) is 8.06. The number of ether oxygens (including phenoxy) is 1. The van der Waals surface area contributed by atoms with E-state index in [0.29, 0.717) is 13.0 Å². The molecule has 1 heterocycles. The van der Waals surface area contributed by atoms with Gasteiger partial charge in [-0.1, -0.05) is 0 Å². The average Bonchev–Trinajstić information content (AvgIpc) is 2.17. The first-order valence-electron chi connectivity index (χ1n) is 5.19. The van der Waals surface area contributed by atoms with Crippen molar-refractivity contribution in [2.75, 3.05) is 19.7 Å². The van der Waals surface area contributed by atoms with Crippen LogP contribution in [0.1, 0.15) is 32.6 Å². The fourth-order valence-corrected chi connectivity index (χ4v) is 1.73. The smallest absolute Gasteiger partial charge is 0.305 e. The molecule has 0 aromatic rings. The molecule has 0 aromatic heterocycles. The molecule has 0 spiro atoms. The normalized spacial score (nSPS) is 17.2.